The molecule has 1 atom stereocenters. The van der Waals surface area contributed by atoms with Crippen LogP contribution in [-0.4, -0.2) is 41.9 Å². The molecular weight excluding hydrogens is 292 g/mol. The van der Waals surface area contributed by atoms with E-state index < -0.39 is 6.09 Å². The van der Waals surface area contributed by atoms with Gasteiger partial charge in [0, 0.05) is 19.1 Å². The second-order valence-electron chi connectivity index (χ2n) is 5.02. The Bertz CT molecular complexity index is 481. The van der Waals surface area contributed by atoms with Crippen LogP contribution in [0.15, 0.2) is 30.3 Å². The average Bonchev–Trinajstić information content (AvgIpc) is 2.53. The minimum atomic E-state index is -0.455. The van der Waals surface area contributed by atoms with Crippen LogP contribution in [0.4, 0.5) is 4.79 Å². The van der Waals surface area contributed by atoms with Crippen molar-refractivity contribution in [2.45, 2.75) is 25.5 Å². The summed E-state index contributed by atoms with van der Waals surface area (Å²) in [6.07, 6.45) is 1.24. The minimum absolute atomic E-state index is 0.0226. The summed E-state index contributed by atoms with van der Waals surface area (Å²) in [6.45, 7) is 1.43. The highest BCUT2D eigenvalue weighted by molar-refractivity contribution is 6.27. The van der Waals surface area contributed by atoms with Crippen LogP contribution in [0.25, 0.3) is 0 Å². The predicted octanol–water partition coefficient (Wildman–Crippen LogP) is 2.14. The number of halogens is 1. The number of hydrogen-bond donors (Lipinski definition) is 1. The Morgan fingerprint density at radius 2 is 2.10 bits per heavy atom. The number of alkyl halides is 1. The van der Waals surface area contributed by atoms with Crippen LogP contribution >= 0.6 is 11.6 Å². The molecule has 0 radical (unpaired) electrons. The molecule has 1 saturated heterocycles. The lowest BCUT2D eigenvalue weighted by Crippen LogP contribution is -2.50. The number of likely N-dealkylation sites (tertiary alicyclic amines) is 1. The lowest BCUT2D eigenvalue weighted by molar-refractivity contribution is -0.129. The molecule has 0 saturated carbocycles. The quantitative estimate of drug-likeness (QED) is 0.867. The van der Waals surface area contributed by atoms with Gasteiger partial charge in [0.05, 0.1) is 0 Å². The summed E-state index contributed by atoms with van der Waals surface area (Å²) in [4.78, 5) is 25.0. The fraction of sp³-hybridized carbons (Fsp3) is 0.467. The lowest BCUT2D eigenvalue weighted by atomic mass is 10.1. The number of amides is 2. The van der Waals surface area contributed by atoms with E-state index in [1.165, 1.54) is 0 Å². The van der Waals surface area contributed by atoms with Crippen molar-refractivity contribution in [2.24, 2.45) is 0 Å². The molecule has 0 aliphatic carbocycles. The predicted molar refractivity (Wildman–Crippen MR) is 80.1 cm³/mol. The van der Waals surface area contributed by atoms with Gasteiger partial charge in [0.25, 0.3) is 0 Å². The molecule has 1 aliphatic rings. The van der Waals surface area contributed by atoms with Crippen LogP contribution in [0.5, 0.6) is 0 Å². The number of nitrogens with one attached hydrogen (secondary N) is 1. The van der Waals surface area contributed by atoms with Crippen molar-refractivity contribution in [3.63, 3.8) is 0 Å². The first-order valence-electron chi connectivity index (χ1n) is 7.00. The molecule has 1 aromatic rings. The smallest absolute Gasteiger partial charge is 0.407 e. The molecule has 1 aliphatic heterocycles. The van der Waals surface area contributed by atoms with Crippen molar-refractivity contribution >= 4 is 23.6 Å². The Morgan fingerprint density at radius 3 is 2.81 bits per heavy atom. The minimum Gasteiger partial charge on any atom is -0.445 e. The van der Waals surface area contributed by atoms with Crippen molar-refractivity contribution in [2.75, 3.05) is 19.0 Å². The Balaban J connectivity index is 1.76. The number of ether oxygens (including phenoxy) is 1. The van der Waals surface area contributed by atoms with Crippen molar-refractivity contribution in [1.82, 2.24) is 10.2 Å². The van der Waals surface area contributed by atoms with Gasteiger partial charge >= 0.3 is 6.09 Å². The number of alkyl carbamates (subject to hydrolysis) is 1. The second-order valence-corrected chi connectivity index (χ2v) is 5.29. The maximum Gasteiger partial charge on any atom is 0.407 e. The zero-order chi connectivity index (χ0) is 15.1. The molecule has 6 heteroatoms. The molecule has 0 spiro atoms. The van der Waals surface area contributed by atoms with Crippen LogP contribution in [0.3, 0.4) is 0 Å². The molecule has 2 amide bonds. The van der Waals surface area contributed by atoms with Gasteiger partial charge in [-0.25, -0.2) is 4.79 Å². The normalized spacial score (nSPS) is 18.1. The van der Waals surface area contributed by atoms with Gasteiger partial charge in [-0.2, -0.15) is 0 Å². The Hall–Kier alpha value is -1.75. The molecule has 5 nitrogen and oxygen atoms in total. The first-order chi connectivity index (χ1) is 10.2. The van der Waals surface area contributed by atoms with E-state index in [1.807, 2.05) is 30.3 Å². The molecule has 1 heterocycles. The van der Waals surface area contributed by atoms with E-state index >= 15 is 0 Å². The third-order valence-corrected chi connectivity index (χ3v) is 3.65. The summed E-state index contributed by atoms with van der Waals surface area (Å²) in [5.74, 6) is -0.119. The maximum atomic E-state index is 11.8. The summed E-state index contributed by atoms with van der Waals surface area (Å²) < 4.78 is 5.17. The zero-order valence-corrected chi connectivity index (χ0v) is 12.5. The van der Waals surface area contributed by atoms with Gasteiger partial charge in [0.2, 0.25) is 5.91 Å². The van der Waals surface area contributed by atoms with Gasteiger partial charge in [-0.05, 0) is 18.4 Å². The molecule has 114 valence electrons. The molecule has 0 bridgehead atoms. The fourth-order valence-electron chi connectivity index (χ4n) is 2.34. The highest BCUT2D eigenvalue weighted by Crippen LogP contribution is 2.11. The van der Waals surface area contributed by atoms with Crippen molar-refractivity contribution in [3.05, 3.63) is 35.9 Å². The summed E-state index contributed by atoms with van der Waals surface area (Å²) in [6, 6.07) is 9.42. The number of carbonyl (C=O) groups excluding carboxylic acids is 2. The molecule has 0 unspecified atom stereocenters. The summed E-state index contributed by atoms with van der Waals surface area (Å²) in [5.41, 5.74) is 0.940. The van der Waals surface area contributed by atoms with E-state index in [2.05, 4.69) is 5.32 Å². The maximum absolute atomic E-state index is 11.8. The summed E-state index contributed by atoms with van der Waals surface area (Å²) in [5, 5.41) is 2.80. The number of nitrogens with zero attached hydrogens (tertiary/aromatic N) is 1. The van der Waals surface area contributed by atoms with Gasteiger partial charge in [-0.3, -0.25) is 4.79 Å². The molecule has 2 rings (SSSR count). The Morgan fingerprint density at radius 1 is 1.33 bits per heavy atom. The molecule has 1 fully saturated rings. The monoisotopic (exact) mass is 310 g/mol. The van der Waals surface area contributed by atoms with Gasteiger partial charge in [-0.1, -0.05) is 30.3 Å². The molecule has 1 N–H and O–H groups in total. The third-order valence-electron chi connectivity index (χ3n) is 3.42. The molecule has 21 heavy (non-hydrogen) atoms. The van der Waals surface area contributed by atoms with Gasteiger partial charge < -0.3 is 15.0 Å². The van der Waals surface area contributed by atoms with Crippen LogP contribution in [-0.2, 0) is 16.1 Å². The number of hydrogen-bond acceptors (Lipinski definition) is 3. The van der Waals surface area contributed by atoms with E-state index in [-0.39, 0.29) is 24.4 Å². The first kappa shape index (κ1) is 15.6. The van der Waals surface area contributed by atoms with E-state index in [9.17, 15) is 9.59 Å². The standard InChI is InChI=1S/C15H19ClN2O3/c16-9-14(19)18-8-4-7-13(10-18)17-15(20)21-11-12-5-2-1-3-6-12/h1-3,5-6,13H,4,7-11H2,(H,17,20)/t13-/m1/s1. The summed E-state index contributed by atoms with van der Waals surface area (Å²) >= 11 is 5.55. The van der Waals surface area contributed by atoms with E-state index in [1.54, 1.807) is 4.90 Å². The lowest BCUT2D eigenvalue weighted by Gasteiger charge is -2.32. The van der Waals surface area contributed by atoms with Crippen molar-refractivity contribution in [3.8, 4) is 0 Å². The van der Waals surface area contributed by atoms with E-state index in [0.29, 0.717) is 13.1 Å². The van der Waals surface area contributed by atoms with Crippen LogP contribution in [0, 0.1) is 0 Å². The van der Waals surface area contributed by atoms with Crippen molar-refractivity contribution < 1.29 is 14.3 Å². The largest absolute Gasteiger partial charge is 0.445 e. The molecule has 0 aromatic heterocycles. The Kier molecular flexibility index (Phi) is 5.87. The molecular formula is C15H19ClN2O3. The number of rotatable bonds is 4. The van der Waals surface area contributed by atoms with E-state index in [0.717, 1.165) is 18.4 Å². The Labute approximate surface area is 129 Å². The van der Waals surface area contributed by atoms with Crippen LogP contribution in [0.1, 0.15) is 18.4 Å². The van der Waals surface area contributed by atoms with Crippen molar-refractivity contribution in [1.29, 1.82) is 0 Å². The van der Waals surface area contributed by atoms with E-state index in [4.69, 9.17) is 16.3 Å². The SMILES string of the molecule is O=C(N[C@@H]1CCCN(C(=O)CCl)C1)OCc1ccccc1. The van der Waals surface area contributed by atoms with Gasteiger partial charge in [0.15, 0.2) is 0 Å². The fourth-order valence-corrected chi connectivity index (χ4v) is 2.51. The number of piperidine rings is 1. The van der Waals surface area contributed by atoms with Gasteiger partial charge in [-0.15, -0.1) is 11.6 Å². The zero-order valence-electron chi connectivity index (χ0n) is 11.8. The number of carbonyl (C=O) groups is 2. The molecule has 1 aromatic carbocycles. The second kappa shape index (κ2) is 7.88. The third kappa shape index (κ3) is 4.93. The summed E-state index contributed by atoms with van der Waals surface area (Å²) in [7, 11) is 0. The highest BCUT2D eigenvalue weighted by Gasteiger charge is 2.24. The van der Waals surface area contributed by atoms with Crippen LogP contribution < -0.4 is 5.32 Å². The number of benzene rings is 1. The highest BCUT2D eigenvalue weighted by atomic mass is 35.5. The van der Waals surface area contributed by atoms with Gasteiger partial charge in [0.1, 0.15) is 12.5 Å². The first-order valence-corrected chi connectivity index (χ1v) is 7.53. The topological polar surface area (TPSA) is 58.6 Å². The average molecular weight is 311 g/mol. The van der Waals surface area contributed by atoms with Crippen LogP contribution in [0.2, 0.25) is 0 Å².